The minimum Gasteiger partial charge on any atom is -0.393 e. The van der Waals surface area contributed by atoms with E-state index in [2.05, 4.69) is 38.3 Å². The first kappa shape index (κ1) is 19.2. The van der Waals surface area contributed by atoms with Crippen molar-refractivity contribution in [3.8, 4) is 0 Å². The van der Waals surface area contributed by atoms with E-state index in [1.807, 2.05) is 13.8 Å². The maximum Gasteiger partial charge on any atom is 0.314 e. The molecule has 0 bridgehead atoms. The van der Waals surface area contributed by atoms with Crippen molar-refractivity contribution in [2.45, 2.75) is 67.4 Å². The fourth-order valence-electron chi connectivity index (χ4n) is 2.75. The second-order valence-corrected chi connectivity index (χ2v) is 8.02. The molecule has 1 unspecified atom stereocenters. The summed E-state index contributed by atoms with van der Waals surface area (Å²) < 4.78 is 0. The van der Waals surface area contributed by atoms with Crippen molar-refractivity contribution in [3.05, 3.63) is 0 Å². The first-order valence-electron chi connectivity index (χ1n) is 7.63. The molecule has 0 aromatic carbocycles. The normalized spacial score (nSPS) is 14.2. The van der Waals surface area contributed by atoms with E-state index < -0.39 is 0 Å². The number of nitrogens with one attached hydrogen (secondary N) is 2. The Morgan fingerprint density at radius 3 is 1.70 bits per heavy atom. The third-order valence-corrected chi connectivity index (χ3v) is 3.26. The van der Waals surface area contributed by atoms with E-state index in [1.54, 1.807) is 6.92 Å². The molecule has 4 nitrogen and oxygen atoms in total. The molecular weight excluding hydrogens is 252 g/mol. The van der Waals surface area contributed by atoms with E-state index in [0.29, 0.717) is 25.4 Å². The molecule has 3 N–H and O–H groups in total. The summed E-state index contributed by atoms with van der Waals surface area (Å²) in [5, 5.41) is 15.3. The molecule has 0 saturated heterocycles. The summed E-state index contributed by atoms with van der Waals surface area (Å²) in [6, 6.07) is -0.125. The van der Waals surface area contributed by atoms with E-state index in [1.165, 1.54) is 0 Å². The van der Waals surface area contributed by atoms with Crippen LogP contribution in [-0.2, 0) is 0 Å². The highest BCUT2D eigenvalue weighted by Crippen LogP contribution is 2.24. The van der Waals surface area contributed by atoms with E-state index in [0.717, 1.165) is 6.42 Å². The van der Waals surface area contributed by atoms with Crippen LogP contribution in [0.5, 0.6) is 0 Å². The second kappa shape index (κ2) is 7.87. The summed E-state index contributed by atoms with van der Waals surface area (Å²) in [5.41, 5.74) is 0.0135. The molecule has 2 amide bonds. The SMILES string of the molecule is CC(C)CC(C)(C)CNC(=O)NCC(C)(C)CC(C)O. The summed E-state index contributed by atoms with van der Waals surface area (Å²) in [4.78, 5) is 11.8. The summed E-state index contributed by atoms with van der Waals surface area (Å²) in [6.07, 6.45) is 1.41. The Morgan fingerprint density at radius 1 is 0.950 bits per heavy atom. The Bertz CT molecular complexity index is 269. The highest BCUT2D eigenvalue weighted by atomic mass is 16.3. The Kier molecular flexibility index (Phi) is 7.56. The summed E-state index contributed by atoms with van der Waals surface area (Å²) in [7, 11) is 0. The van der Waals surface area contributed by atoms with Crippen LogP contribution in [0.25, 0.3) is 0 Å². The Balaban J connectivity index is 4.06. The number of hydrogen-bond donors (Lipinski definition) is 3. The molecule has 4 heteroatoms. The maximum absolute atomic E-state index is 11.8. The van der Waals surface area contributed by atoms with E-state index in [4.69, 9.17) is 0 Å². The maximum atomic E-state index is 11.8. The minimum atomic E-state index is -0.347. The molecule has 0 fully saturated rings. The third-order valence-electron chi connectivity index (χ3n) is 3.26. The largest absolute Gasteiger partial charge is 0.393 e. The summed E-state index contributed by atoms with van der Waals surface area (Å²) in [5.74, 6) is 0.625. The zero-order valence-electron chi connectivity index (χ0n) is 14.3. The predicted molar refractivity (Wildman–Crippen MR) is 84.7 cm³/mol. The van der Waals surface area contributed by atoms with E-state index in [-0.39, 0.29) is 23.0 Å². The lowest BCUT2D eigenvalue weighted by molar-refractivity contribution is 0.128. The lowest BCUT2D eigenvalue weighted by Gasteiger charge is -2.29. The van der Waals surface area contributed by atoms with E-state index in [9.17, 15) is 9.90 Å². The number of aliphatic hydroxyl groups is 1. The smallest absolute Gasteiger partial charge is 0.314 e. The molecule has 0 aromatic rings. The van der Waals surface area contributed by atoms with Crippen LogP contribution in [0.1, 0.15) is 61.3 Å². The van der Waals surface area contributed by atoms with Crippen molar-refractivity contribution in [2.24, 2.45) is 16.7 Å². The van der Waals surface area contributed by atoms with Gasteiger partial charge in [-0.05, 0) is 36.5 Å². The number of carbonyl (C=O) groups is 1. The van der Waals surface area contributed by atoms with Gasteiger partial charge in [-0.3, -0.25) is 0 Å². The molecule has 120 valence electrons. The molecule has 0 heterocycles. The predicted octanol–water partition coefficient (Wildman–Crippen LogP) is 3.16. The van der Waals surface area contributed by atoms with Gasteiger partial charge in [-0.2, -0.15) is 0 Å². The molecule has 20 heavy (non-hydrogen) atoms. The van der Waals surface area contributed by atoms with Crippen molar-refractivity contribution in [1.29, 1.82) is 0 Å². The van der Waals surface area contributed by atoms with Crippen LogP contribution in [0.2, 0.25) is 0 Å². The summed E-state index contributed by atoms with van der Waals surface area (Å²) in [6.45, 7) is 15.8. The molecule has 0 spiro atoms. The quantitative estimate of drug-likeness (QED) is 0.642. The second-order valence-electron chi connectivity index (χ2n) is 8.02. The van der Waals surface area contributed by atoms with Crippen LogP contribution in [0.3, 0.4) is 0 Å². The van der Waals surface area contributed by atoms with Gasteiger partial charge in [0.15, 0.2) is 0 Å². The number of hydrogen-bond acceptors (Lipinski definition) is 2. The Morgan fingerprint density at radius 2 is 1.35 bits per heavy atom. The van der Waals surface area contributed by atoms with Crippen LogP contribution in [-0.4, -0.2) is 30.3 Å². The highest BCUT2D eigenvalue weighted by Gasteiger charge is 2.23. The molecule has 0 aliphatic heterocycles. The summed E-state index contributed by atoms with van der Waals surface area (Å²) >= 11 is 0. The lowest BCUT2D eigenvalue weighted by Crippen LogP contribution is -2.44. The molecule has 1 atom stereocenters. The van der Waals surface area contributed by atoms with Crippen LogP contribution in [0.15, 0.2) is 0 Å². The number of carbonyl (C=O) groups excluding carboxylic acids is 1. The molecule has 0 aromatic heterocycles. The van der Waals surface area contributed by atoms with Crippen LogP contribution in [0, 0.1) is 16.7 Å². The number of amides is 2. The van der Waals surface area contributed by atoms with Gasteiger partial charge in [0.05, 0.1) is 6.10 Å². The standard InChI is InChI=1S/C16H34N2O2/c1-12(2)8-15(4,5)10-17-14(20)18-11-16(6,7)9-13(3)19/h12-13,19H,8-11H2,1-7H3,(H2,17,18,20). The van der Waals surface area contributed by atoms with Gasteiger partial charge in [0.25, 0.3) is 0 Å². The van der Waals surface area contributed by atoms with Gasteiger partial charge in [-0.25, -0.2) is 4.79 Å². The first-order chi connectivity index (χ1) is 8.93. The fourth-order valence-corrected chi connectivity index (χ4v) is 2.75. The molecule has 0 radical (unpaired) electrons. The van der Waals surface area contributed by atoms with Gasteiger partial charge in [0.2, 0.25) is 0 Å². The third kappa shape index (κ3) is 10.1. The van der Waals surface area contributed by atoms with Gasteiger partial charge >= 0.3 is 6.03 Å². The van der Waals surface area contributed by atoms with Crippen molar-refractivity contribution in [3.63, 3.8) is 0 Å². The number of urea groups is 1. The van der Waals surface area contributed by atoms with Crippen molar-refractivity contribution in [2.75, 3.05) is 13.1 Å². The van der Waals surface area contributed by atoms with E-state index >= 15 is 0 Å². The number of aliphatic hydroxyl groups excluding tert-OH is 1. The zero-order valence-corrected chi connectivity index (χ0v) is 14.3. The van der Waals surface area contributed by atoms with Gasteiger partial charge in [0.1, 0.15) is 0 Å². The minimum absolute atomic E-state index is 0.0983. The Labute approximate surface area is 124 Å². The van der Waals surface area contributed by atoms with Crippen LogP contribution in [0.4, 0.5) is 4.79 Å². The lowest BCUT2D eigenvalue weighted by atomic mass is 9.84. The van der Waals surface area contributed by atoms with Gasteiger partial charge in [-0.1, -0.05) is 41.5 Å². The number of rotatable bonds is 8. The average Bonchev–Trinajstić information content (AvgIpc) is 2.20. The molecule has 0 saturated carbocycles. The first-order valence-corrected chi connectivity index (χ1v) is 7.63. The van der Waals surface area contributed by atoms with Gasteiger partial charge in [0, 0.05) is 13.1 Å². The zero-order chi connectivity index (χ0) is 16.0. The Hall–Kier alpha value is -0.770. The fraction of sp³-hybridized carbons (Fsp3) is 0.938. The van der Waals surface area contributed by atoms with Crippen molar-refractivity contribution >= 4 is 6.03 Å². The topological polar surface area (TPSA) is 61.4 Å². The van der Waals surface area contributed by atoms with Crippen molar-refractivity contribution in [1.82, 2.24) is 10.6 Å². The van der Waals surface area contributed by atoms with Crippen LogP contribution >= 0.6 is 0 Å². The molecule has 0 aliphatic carbocycles. The molecule has 0 rings (SSSR count). The van der Waals surface area contributed by atoms with Gasteiger partial charge in [-0.15, -0.1) is 0 Å². The average molecular weight is 286 g/mol. The molecular formula is C16H34N2O2. The van der Waals surface area contributed by atoms with Crippen LogP contribution < -0.4 is 10.6 Å². The highest BCUT2D eigenvalue weighted by molar-refractivity contribution is 5.73. The van der Waals surface area contributed by atoms with Crippen molar-refractivity contribution < 1.29 is 9.90 Å². The monoisotopic (exact) mass is 286 g/mol. The van der Waals surface area contributed by atoms with Gasteiger partial charge < -0.3 is 15.7 Å². The molecule has 0 aliphatic rings.